The predicted molar refractivity (Wildman–Crippen MR) is 52.1 cm³/mol. The Labute approximate surface area is 81.6 Å². The summed E-state index contributed by atoms with van der Waals surface area (Å²) in [5, 5.41) is 2.71. The van der Waals surface area contributed by atoms with Crippen LogP contribution in [-0.4, -0.2) is 21.4 Å². The van der Waals surface area contributed by atoms with Crippen LogP contribution in [-0.2, 0) is 0 Å². The molecule has 0 aliphatic rings. The summed E-state index contributed by atoms with van der Waals surface area (Å²) in [5.74, 6) is -0.344. The minimum Gasteiger partial charge on any atom is -0.346 e. The van der Waals surface area contributed by atoms with Crippen molar-refractivity contribution in [1.82, 2.24) is 15.3 Å². The Hall–Kier alpha value is -1.65. The number of carbonyl (C=O) groups excluding carboxylic acids is 1. The Bertz CT molecular complexity index is 390. The molecule has 14 heavy (non-hydrogen) atoms. The van der Waals surface area contributed by atoms with Crippen molar-refractivity contribution in [2.45, 2.75) is 26.3 Å². The SMILES string of the molecule is CC(C)(C)NC(=O)c1cc(=O)[nH]cn1. The highest BCUT2D eigenvalue weighted by Gasteiger charge is 2.16. The number of hydrogen-bond acceptors (Lipinski definition) is 3. The Balaban J connectivity index is 2.86. The van der Waals surface area contributed by atoms with Crippen molar-refractivity contribution in [1.29, 1.82) is 0 Å². The quantitative estimate of drug-likeness (QED) is 0.676. The molecule has 76 valence electrons. The lowest BCUT2D eigenvalue weighted by Gasteiger charge is -2.19. The van der Waals surface area contributed by atoms with E-state index in [2.05, 4.69) is 15.3 Å². The molecular weight excluding hydrogens is 182 g/mol. The highest BCUT2D eigenvalue weighted by molar-refractivity contribution is 5.92. The van der Waals surface area contributed by atoms with Gasteiger partial charge >= 0.3 is 0 Å². The minimum absolute atomic E-state index is 0.128. The summed E-state index contributed by atoms with van der Waals surface area (Å²) in [7, 11) is 0. The fraction of sp³-hybridized carbons (Fsp3) is 0.444. The van der Waals surface area contributed by atoms with Crippen molar-refractivity contribution in [2.75, 3.05) is 0 Å². The minimum atomic E-state index is -0.344. The monoisotopic (exact) mass is 195 g/mol. The Kier molecular flexibility index (Phi) is 2.69. The molecule has 0 atom stereocenters. The molecule has 0 saturated carbocycles. The van der Waals surface area contributed by atoms with Crippen LogP contribution in [0.3, 0.4) is 0 Å². The Morgan fingerprint density at radius 1 is 1.50 bits per heavy atom. The van der Waals surface area contributed by atoms with Crippen molar-refractivity contribution in [2.24, 2.45) is 0 Å². The van der Waals surface area contributed by atoms with E-state index in [9.17, 15) is 9.59 Å². The van der Waals surface area contributed by atoms with Gasteiger partial charge in [-0.25, -0.2) is 4.98 Å². The molecule has 1 amide bonds. The van der Waals surface area contributed by atoms with E-state index in [-0.39, 0.29) is 22.7 Å². The van der Waals surface area contributed by atoms with E-state index in [4.69, 9.17) is 0 Å². The fourth-order valence-corrected chi connectivity index (χ4v) is 0.897. The molecule has 2 N–H and O–H groups in total. The van der Waals surface area contributed by atoms with Crippen LogP contribution in [0.5, 0.6) is 0 Å². The third kappa shape index (κ3) is 3.01. The number of hydrogen-bond donors (Lipinski definition) is 2. The van der Waals surface area contributed by atoms with Gasteiger partial charge in [-0.15, -0.1) is 0 Å². The number of nitrogens with one attached hydrogen (secondary N) is 2. The van der Waals surface area contributed by atoms with Gasteiger partial charge in [0.15, 0.2) is 0 Å². The maximum Gasteiger partial charge on any atom is 0.270 e. The summed E-state index contributed by atoms with van der Waals surface area (Å²) in [5.41, 5.74) is -0.538. The number of aromatic nitrogens is 2. The zero-order chi connectivity index (χ0) is 10.8. The maximum absolute atomic E-state index is 11.5. The standard InChI is InChI=1S/C9H13N3O2/c1-9(2,3)12-8(14)6-4-7(13)11-5-10-6/h4-5H,1-3H3,(H,12,14)(H,10,11,13). The fourth-order valence-electron chi connectivity index (χ4n) is 0.897. The average Bonchev–Trinajstić information content (AvgIpc) is 2.01. The van der Waals surface area contributed by atoms with Crippen molar-refractivity contribution >= 4 is 5.91 Å². The first-order valence-corrected chi connectivity index (χ1v) is 4.26. The van der Waals surface area contributed by atoms with Crippen LogP contribution in [0.1, 0.15) is 31.3 Å². The van der Waals surface area contributed by atoms with Gasteiger partial charge in [0.1, 0.15) is 5.69 Å². The van der Waals surface area contributed by atoms with Gasteiger partial charge in [-0.2, -0.15) is 0 Å². The van der Waals surface area contributed by atoms with Gasteiger partial charge in [0.05, 0.1) is 6.33 Å². The second-order valence-electron chi connectivity index (χ2n) is 4.00. The summed E-state index contributed by atoms with van der Waals surface area (Å²) in [6.45, 7) is 5.58. The van der Waals surface area contributed by atoms with Crippen LogP contribution < -0.4 is 10.9 Å². The third-order valence-corrected chi connectivity index (χ3v) is 1.40. The first kappa shape index (κ1) is 10.4. The number of H-pyrrole nitrogens is 1. The molecule has 0 saturated heterocycles. The number of carbonyl (C=O) groups is 1. The summed E-state index contributed by atoms with van der Waals surface area (Å²) < 4.78 is 0. The maximum atomic E-state index is 11.5. The highest BCUT2D eigenvalue weighted by atomic mass is 16.2. The molecule has 1 aromatic heterocycles. The molecule has 0 unspecified atom stereocenters. The summed E-state index contributed by atoms with van der Waals surface area (Å²) >= 11 is 0. The number of nitrogens with zero attached hydrogens (tertiary/aromatic N) is 1. The van der Waals surface area contributed by atoms with Gasteiger partial charge in [0.25, 0.3) is 11.5 Å². The second-order valence-corrected chi connectivity index (χ2v) is 4.00. The van der Waals surface area contributed by atoms with E-state index in [1.54, 1.807) is 0 Å². The molecule has 0 aromatic carbocycles. The zero-order valence-electron chi connectivity index (χ0n) is 8.42. The van der Waals surface area contributed by atoms with Gasteiger partial charge in [0, 0.05) is 11.6 Å². The number of rotatable bonds is 1. The van der Waals surface area contributed by atoms with E-state index in [1.165, 1.54) is 12.4 Å². The smallest absolute Gasteiger partial charge is 0.270 e. The Morgan fingerprint density at radius 3 is 2.64 bits per heavy atom. The van der Waals surface area contributed by atoms with E-state index in [0.717, 1.165) is 0 Å². The highest BCUT2D eigenvalue weighted by Crippen LogP contribution is 2.00. The van der Waals surface area contributed by atoms with Crippen LogP contribution in [0.25, 0.3) is 0 Å². The van der Waals surface area contributed by atoms with E-state index in [1.807, 2.05) is 20.8 Å². The first-order valence-electron chi connectivity index (χ1n) is 4.26. The molecule has 0 aliphatic carbocycles. The number of aromatic amines is 1. The lowest BCUT2D eigenvalue weighted by molar-refractivity contribution is 0.0914. The summed E-state index contributed by atoms with van der Waals surface area (Å²) in [6, 6.07) is 1.17. The molecule has 0 aliphatic heterocycles. The topological polar surface area (TPSA) is 74.8 Å². The van der Waals surface area contributed by atoms with Crippen LogP contribution in [0.15, 0.2) is 17.2 Å². The normalized spacial score (nSPS) is 11.1. The van der Waals surface area contributed by atoms with Crippen LogP contribution in [0.2, 0.25) is 0 Å². The molecule has 1 heterocycles. The van der Waals surface area contributed by atoms with Gasteiger partial charge in [-0.1, -0.05) is 0 Å². The molecule has 5 nitrogen and oxygen atoms in total. The van der Waals surface area contributed by atoms with Crippen LogP contribution in [0.4, 0.5) is 0 Å². The average molecular weight is 195 g/mol. The lowest BCUT2D eigenvalue weighted by Crippen LogP contribution is -2.41. The van der Waals surface area contributed by atoms with Gasteiger partial charge in [-0.3, -0.25) is 9.59 Å². The van der Waals surface area contributed by atoms with Gasteiger partial charge < -0.3 is 10.3 Å². The van der Waals surface area contributed by atoms with Crippen molar-refractivity contribution in [3.63, 3.8) is 0 Å². The van der Waals surface area contributed by atoms with Gasteiger partial charge in [0.2, 0.25) is 0 Å². The van der Waals surface area contributed by atoms with E-state index < -0.39 is 0 Å². The molecule has 1 rings (SSSR count). The molecule has 0 bridgehead atoms. The lowest BCUT2D eigenvalue weighted by atomic mass is 10.1. The van der Waals surface area contributed by atoms with Crippen molar-refractivity contribution in [3.05, 3.63) is 28.4 Å². The largest absolute Gasteiger partial charge is 0.346 e. The van der Waals surface area contributed by atoms with E-state index >= 15 is 0 Å². The zero-order valence-corrected chi connectivity index (χ0v) is 8.42. The molecular formula is C9H13N3O2. The third-order valence-electron chi connectivity index (χ3n) is 1.40. The molecule has 0 fully saturated rings. The molecule has 0 spiro atoms. The molecule has 5 heteroatoms. The number of amides is 1. The molecule has 1 aromatic rings. The Morgan fingerprint density at radius 2 is 2.14 bits per heavy atom. The van der Waals surface area contributed by atoms with Crippen LogP contribution >= 0.6 is 0 Å². The predicted octanol–water partition coefficient (Wildman–Crippen LogP) is 0.298. The summed E-state index contributed by atoms with van der Waals surface area (Å²) in [6.07, 6.45) is 1.21. The van der Waals surface area contributed by atoms with Gasteiger partial charge in [-0.05, 0) is 20.8 Å². The van der Waals surface area contributed by atoms with Crippen molar-refractivity contribution in [3.8, 4) is 0 Å². The second kappa shape index (κ2) is 3.61. The van der Waals surface area contributed by atoms with Crippen molar-refractivity contribution < 1.29 is 4.79 Å². The molecule has 0 radical (unpaired) electrons. The van der Waals surface area contributed by atoms with Crippen LogP contribution in [0, 0.1) is 0 Å². The van der Waals surface area contributed by atoms with E-state index in [0.29, 0.717) is 0 Å². The first-order chi connectivity index (χ1) is 6.38. The summed E-state index contributed by atoms with van der Waals surface area (Å²) in [4.78, 5) is 28.5.